The number of benzene rings is 2. The number of aryl methyl sites for hydroxylation is 2. The van der Waals surface area contributed by atoms with Crippen LogP contribution in [0, 0.1) is 13.8 Å². The Bertz CT molecular complexity index is 1380. The maximum atomic E-state index is 12.3. The first kappa shape index (κ1) is 23.7. The molecule has 8 nitrogen and oxygen atoms in total. The van der Waals surface area contributed by atoms with Gasteiger partial charge in [0.15, 0.2) is 11.5 Å². The van der Waals surface area contributed by atoms with E-state index in [1.165, 1.54) is 0 Å². The highest BCUT2D eigenvalue weighted by Gasteiger charge is 2.31. The Morgan fingerprint density at radius 2 is 1.26 bits per heavy atom. The Kier molecular flexibility index (Phi) is 6.64. The summed E-state index contributed by atoms with van der Waals surface area (Å²) in [6, 6.07) is 16.5. The standard InChI is InChI=1S/C27H24O8/c1-15-12-21(28)24(30)26(34-15)23(27-25(31)22(29)13-16(2)35-27)18-6-10-20(11-7-18)33-14-17-4-8-19(32-3)9-5-17/h4-13,23,30-31H,14H2,1-3H3. The zero-order chi connectivity index (χ0) is 25.1. The zero-order valence-electron chi connectivity index (χ0n) is 19.4. The second-order valence-corrected chi connectivity index (χ2v) is 8.01. The first-order chi connectivity index (χ1) is 16.8. The van der Waals surface area contributed by atoms with Crippen molar-refractivity contribution in [3.63, 3.8) is 0 Å². The number of ether oxygens (including phenoxy) is 2. The van der Waals surface area contributed by atoms with Crippen molar-refractivity contribution in [3.8, 4) is 23.0 Å². The van der Waals surface area contributed by atoms with Gasteiger partial charge >= 0.3 is 0 Å². The summed E-state index contributed by atoms with van der Waals surface area (Å²) in [5.41, 5.74) is 0.144. The van der Waals surface area contributed by atoms with Gasteiger partial charge in [-0.25, -0.2) is 0 Å². The van der Waals surface area contributed by atoms with Gasteiger partial charge in [-0.1, -0.05) is 24.3 Å². The molecule has 0 radical (unpaired) electrons. The Morgan fingerprint density at radius 1 is 0.771 bits per heavy atom. The molecule has 0 unspecified atom stereocenters. The van der Waals surface area contributed by atoms with E-state index in [-0.39, 0.29) is 23.0 Å². The number of rotatable bonds is 7. The Morgan fingerprint density at radius 3 is 1.74 bits per heavy atom. The van der Waals surface area contributed by atoms with Crippen LogP contribution in [0.25, 0.3) is 0 Å². The molecule has 0 spiro atoms. The summed E-state index contributed by atoms with van der Waals surface area (Å²) in [6.07, 6.45) is 0. The van der Waals surface area contributed by atoms with Gasteiger partial charge in [0, 0.05) is 12.1 Å². The van der Waals surface area contributed by atoms with Crippen molar-refractivity contribution in [2.45, 2.75) is 26.4 Å². The highest BCUT2D eigenvalue weighted by Crippen LogP contribution is 2.39. The summed E-state index contributed by atoms with van der Waals surface area (Å²) in [7, 11) is 1.60. The molecule has 2 aromatic heterocycles. The molecule has 0 aliphatic rings. The van der Waals surface area contributed by atoms with E-state index in [0.29, 0.717) is 17.9 Å². The van der Waals surface area contributed by atoms with Crippen LogP contribution in [0.1, 0.15) is 40.1 Å². The molecule has 180 valence electrons. The second kappa shape index (κ2) is 9.80. The summed E-state index contributed by atoms with van der Waals surface area (Å²) >= 11 is 0. The Balaban J connectivity index is 1.72. The van der Waals surface area contributed by atoms with Crippen molar-refractivity contribution < 1.29 is 28.5 Å². The van der Waals surface area contributed by atoms with E-state index in [1.54, 1.807) is 45.2 Å². The fourth-order valence-electron chi connectivity index (χ4n) is 3.71. The number of methoxy groups -OCH3 is 1. The predicted octanol–water partition coefficient (Wildman–Crippen LogP) is 4.39. The molecule has 0 aliphatic carbocycles. The third kappa shape index (κ3) is 5.06. The van der Waals surface area contributed by atoms with Gasteiger partial charge in [-0.05, 0) is 49.2 Å². The normalized spacial score (nSPS) is 11.0. The second-order valence-electron chi connectivity index (χ2n) is 8.01. The van der Waals surface area contributed by atoms with E-state index in [2.05, 4.69) is 0 Å². The lowest BCUT2D eigenvalue weighted by Gasteiger charge is -2.19. The molecule has 35 heavy (non-hydrogen) atoms. The summed E-state index contributed by atoms with van der Waals surface area (Å²) < 4.78 is 22.4. The van der Waals surface area contributed by atoms with Gasteiger partial charge in [0.1, 0.15) is 35.5 Å². The zero-order valence-corrected chi connectivity index (χ0v) is 19.4. The van der Waals surface area contributed by atoms with Gasteiger partial charge < -0.3 is 28.5 Å². The van der Waals surface area contributed by atoms with Crippen LogP contribution in [-0.2, 0) is 6.61 Å². The third-order valence-corrected chi connectivity index (χ3v) is 5.45. The van der Waals surface area contributed by atoms with E-state index in [0.717, 1.165) is 23.4 Å². The molecule has 0 saturated carbocycles. The minimum atomic E-state index is -1.06. The fraction of sp³-hybridized carbons (Fsp3) is 0.185. The quantitative estimate of drug-likeness (QED) is 0.403. The van der Waals surface area contributed by atoms with Crippen molar-refractivity contribution in [2.24, 2.45) is 0 Å². The van der Waals surface area contributed by atoms with Gasteiger partial charge in [0.05, 0.1) is 7.11 Å². The maximum Gasteiger partial charge on any atom is 0.227 e. The fourth-order valence-corrected chi connectivity index (χ4v) is 3.71. The molecule has 0 saturated heterocycles. The van der Waals surface area contributed by atoms with E-state index in [4.69, 9.17) is 18.3 Å². The monoisotopic (exact) mass is 476 g/mol. The summed E-state index contributed by atoms with van der Waals surface area (Å²) in [4.78, 5) is 24.5. The number of hydrogen-bond donors (Lipinski definition) is 2. The highest BCUT2D eigenvalue weighted by molar-refractivity contribution is 5.46. The Labute approximate surface area is 200 Å². The SMILES string of the molecule is COc1ccc(COc2ccc(C(c3oc(C)cc(=O)c3O)c3oc(C)cc(=O)c3O)cc2)cc1. The largest absolute Gasteiger partial charge is 0.502 e. The molecule has 4 rings (SSSR count). The molecule has 8 heteroatoms. The molecule has 4 aromatic rings. The van der Waals surface area contributed by atoms with Gasteiger partial charge in [-0.15, -0.1) is 0 Å². The molecule has 0 bridgehead atoms. The predicted molar refractivity (Wildman–Crippen MR) is 127 cm³/mol. The van der Waals surface area contributed by atoms with Crippen molar-refractivity contribution in [1.29, 1.82) is 0 Å². The van der Waals surface area contributed by atoms with Gasteiger partial charge in [0.25, 0.3) is 0 Å². The molecular formula is C27H24O8. The van der Waals surface area contributed by atoms with Gasteiger partial charge in [0.2, 0.25) is 22.4 Å². The molecule has 2 N–H and O–H groups in total. The summed E-state index contributed by atoms with van der Waals surface area (Å²) in [6.45, 7) is 3.45. The minimum Gasteiger partial charge on any atom is -0.502 e. The molecule has 0 aliphatic heterocycles. The van der Waals surface area contributed by atoms with Gasteiger partial charge in [-0.2, -0.15) is 0 Å². The van der Waals surface area contributed by atoms with Crippen molar-refractivity contribution >= 4 is 0 Å². The van der Waals surface area contributed by atoms with Crippen LogP contribution in [0.2, 0.25) is 0 Å². The van der Waals surface area contributed by atoms with Crippen LogP contribution in [-0.4, -0.2) is 17.3 Å². The number of hydrogen-bond acceptors (Lipinski definition) is 8. The topological polar surface area (TPSA) is 119 Å². The molecule has 0 amide bonds. The lowest BCUT2D eigenvalue weighted by molar-refractivity contribution is 0.305. The average molecular weight is 476 g/mol. The Hall–Kier alpha value is -4.46. The molecule has 0 atom stereocenters. The molecular weight excluding hydrogens is 452 g/mol. The van der Waals surface area contributed by atoms with Crippen LogP contribution < -0.4 is 20.3 Å². The minimum absolute atomic E-state index is 0.147. The van der Waals surface area contributed by atoms with Crippen molar-refractivity contribution in [2.75, 3.05) is 7.11 Å². The first-order valence-corrected chi connectivity index (χ1v) is 10.8. The molecule has 0 fully saturated rings. The average Bonchev–Trinajstić information content (AvgIpc) is 2.85. The number of aromatic hydroxyl groups is 2. The van der Waals surface area contributed by atoms with Gasteiger partial charge in [-0.3, -0.25) is 9.59 Å². The van der Waals surface area contributed by atoms with Crippen LogP contribution in [0.5, 0.6) is 23.0 Å². The van der Waals surface area contributed by atoms with Crippen LogP contribution in [0.15, 0.2) is 79.1 Å². The van der Waals surface area contributed by atoms with E-state index in [1.807, 2.05) is 24.3 Å². The highest BCUT2D eigenvalue weighted by atomic mass is 16.5. The smallest absolute Gasteiger partial charge is 0.227 e. The van der Waals surface area contributed by atoms with E-state index in [9.17, 15) is 19.8 Å². The van der Waals surface area contributed by atoms with E-state index >= 15 is 0 Å². The molecule has 2 aromatic carbocycles. The lowest BCUT2D eigenvalue weighted by atomic mass is 9.91. The van der Waals surface area contributed by atoms with E-state index < -0.39 is 28.3 Å². The van der Waals surface area contributed by atoms with Crippen LogP contribution in [0.4, 0.5) is 0 Å². The summed E-state index contributed by atoms with van der Waals surface area (Å²) in [5.74, 6) is -0.811. The first-order valence-electron chi connectivity index (χ1n) is 10.8. The third-order valence-electron chi connectivity index (χ3n) is 5.45. The van der Waals surface area contributed by atoms with Crippen molar-refractivity contribution in [3.05, 3.63) is 115 Å². The van der Waals surface area contributed by atoms with Crippen LogP contribution >= 0.6 is 0 Å². The maximum absolute atomic E-state index is 12.3. The van der Waals surface area contributed by atoms with Crippen molar-refractivity contribution in [1.82, 2.24) is 0 Å². The van der Waals surface area contributed by atoms with Crippen LogP contribution in [0.3, 0.4) is 0 Å². The lowest BCUT2D eigenvalue weighted by Crippen LogP contribution is -2.13. The molecule has 2 heterocycles. The summed E-state index contributed by atoms with van der Waals surface area (Å²) in [5, 5.41) is 21.0.